The molecular formula is C7H9N5O. The molecule has 2 bridgehead atoms. The minimum Gasteiger partial charge on any atom is -0.384 e. The lowest BCUT2D eigenvalue weighted by Gasteiger charge is -2.19. The van der Waals surface area contributed by atoms with Gasteiger partial charge in [-0.3, -0.25) is 5.32 Å². The number of nitrogens with zero attached hydrogens (tertiary/aromatic N) is 3. The molecule has 13 heavy (non-hydrogen) atoms. The van der Waals surface area contributed by atoms with Gasteiger partial charge in [-0.15, -0.1) is 0 Å². The minimum atomic E-state index is -0.445. The van der Waals surface area contributed by atoms with E-state index in [1.807, 2.05) is 0 Å². The van der Waals surface area contributed by atoms with Crippen LogP contribution in [-0.4, -0.2) is 30.2 Å². The maximum atomic E-state index is 11.1. The van der Waals surface area contributed by atoms with Crippen molar-refractivity contribution in [3.05, 3.63) is 11.5 Å². The van der Waals surface area contributed by atoms with Gasteiger partial charge in [0.05, 0.1) is 18.5 Å². The Bertz CT molecular complexity index is 354. The molecule has 0 unspecified atom stereocenters. The Labute approximate surface area is 74.8 Å². The highest BCUT2D eigenvalue weighted by Gasteiger charge is 2.20. The van der Waals surface area contributed by atoms with Crippen LogP contribution in [0.15, 0.2) is 21.5 Å². The maximum absolute atomic E-state index is 11.1. The third kappa shape index (κ3) is 1.26. The van der Waals surface area contributed by atoms with Crippen molar-refractivity contribution in [1.29, 1.82) is 0 Å². The van der Waals surface area contributed by atoms with Gasteiger partial charge in [0.15, 0.2) is 0 Å². The van der Waals surface area contributed by atoms with Gasteiger partial charge in [0.25, 0.3) is 0 Å². The van der Waals surface area contributed by atoms with E-state index in [9.17, 15) is 4.79 Å². The molecule has 2 heterocycles. The van der Waals surface area contributed by atoms with Crippen LogP contribution in [0.25, 0.3) is 0 Å². The lowest BCUT2D eigenvalue weighted by molar-refractivity contribution is 0.251. The number of carbonyl (C=O) groups excluding carboxylic acids is 1. The predicted molar refractivity (Wildman–Crippen MR) is 48.1 cm³/mol. The van der Waals surface area contributed by atoms with Crippen molar-refractivity contribution in [3.63, 3.8) is 0 Å². The Balaban J connectivity index is 2.49. The fourth-order valence-electron chi connectivity index (χ4n) is 1.16. The molecule has 0 radical (unpaired) electrons. The Morgan fingerprint density at radius 1 is 1.69 bits per heavy atom. The number of amidine groups is 1. The Kier molecular flexibility index (Phi) is 1.54. The number of amides is 2. The summed E-state index contributed by atoms with van der Waals surface area (Å²) < 4.78 is 0. The summed E-state index contributed by atoms with van der Waals surface area (Å²) in [6.07, 6.45) is 2.09. The van der Waals surface area contributed by atoms with Crippen LogP contribution < -0.4 is 11.1 Å². The second kappa shape index (κ2) is 2.58. The number of carbonyl (C=O) groups is 1. The predicted octanol–water partition coefficient (Wildman–Crippen LogP) is -0.400. The second-order valence-corrected chi connectivity index (χ2v) is 2.85. The molecule has 2 rings (SSSR count). The normalized spacial score (nSPS) is 21.2. The summed E-state index contributed by atoms with van der Waals surface area (Å²) in [5, 5.41) is 2.42. The van der Waals surface area contributed by atoms with E-state index in [2.05, 4.69) is 15.3 Å². The molecule has 0 saturated heterocycles. The van der Waals surface area contributed by atoms with Crippen molar-refractivity contribution >= 4 is 18.2 Å². The van der Waals surface area contributed by atoms with Crippen LogP contribution in [0.4, 0.5) is 4.79 Å². The highest BCUT2D eigenvalue weighted by atomic mass is 16.2. The SMILES string of the molecule is CN1C=NC2=C(N)NC(=O)N=C1C2. The van der Waals surface area contributed by atoms with E-state index in [4.69, 9.17) is 5.73 Å². The summed E-state index contributed by atoms with van der Waals surface area (Å²) >= 11 is 0. The molecule has 0 aromatic rings. The van der Waals surface area contributed by atoms with Gasteiger partial charge in [-0.1, -0.05) is 0 Å². The number of hydrogen-bond donors (Lipinski definition) is 2. The monoisotopic (exact) mass is 179 g/mol. The minimum absolute atomic E-state index is 0.285. The molecule has 6 heteroatoms. The largest absolute Gasteiger partial charge is 0.384 e. The van der Waals surface area contributed by atoms with Crippen molar-refractivity contribution < 1.29 is 4.79 Å². The molecule has 68 valence electrons. The Morgan fingerprint density at radius 3 is 3.23 bits per heavy atom. The van der Waals surface area contributed by atoms with Gasteiger partial charge < -0.3 is 10.6 Å². The molecular weight excluding hydrogens is 170 g/mol. The number of nitrogens with two attached hydrogens (primary N) is 1. The fourth-order valence-corrected chi connectivity index (χ4v) is 1.16. The van der Waals surface area contributed by atoms with Gasteiger partial charge in [-0.05, 0) is 0 Å². The van der Waals surface area contributed by atoms with E-state index < -0.39 is 6.03 Å². The third-order valence-electron chi connectivity index (χ3n) is 1.90. The standard InChI is InChI=1S/C7H9N5O/c1-12-3-9-4-2-5(12)10-7(13)11-6(4)8/h3H,2,8H2,1H3,(H,11,13). The van der Waals surface area contributed by atoms with Crippen LogP contribution >= 0.6 is 0 Å². The Morgan fingerprint density at radius 2 is 2.46 bits per heavy atom. The van der Waals surface area contributed by atoms with Gasteiger partial charge in [-0.25, -0.2) is 9.79 Å². The first-order chi connectivity index (χ1) is 6.16. The first kappa shape index (κ1) is 7.78. The van der Waals surface area contributed by atoms with Crippen LogP contribution in [-0.2, 0) is 0 Å². The van der Waals surface area contributed by atoms with E-state index in [0.717, 1.165) is 0 Å². The van der Waals surface area contributed by atoms with Crippen LogP contribution in [0.1, 0.15) is 6.42 Å². The van der Waals surface area contributed by atoms with Gasteiger partial charge in [0, 0.05) is 7.05 Å². The van der Waals surface area contributed by atoms with Crippen LogP contribution in [0.2, 0.25) is 0 Å². The number of aliphatic imine (C=N–C) groups is 2. The lowest BCUT2D eigenvalue weighted by Crippen LogP contribution is -2.29. The first-order valence-corrected chi connectivity index (χ1v) is 3.81. The average molecular weight is 179 g/mol. The first-order valence-electron chi connectivity index (χ1n) is 3.81. The Hall–Kier alpha value is -1.85. The molecule has 0 aromatic heterocycles. The molecule has 0 saturated carbocycles. The van der Waals surface area contributed by atoms with Gasteiger partial charge in [-0.2, -0.15) is 4.99 Å². The van der Waals surface area contributed by atoms with Gasteiger partial charge >= 0.3 is 6.03 Å². The van der Waals surface area contributed by atoms with Crippen molar-refractivity contribution in [3.8, 4) is 0 Å². The van der Waals surface area contributed by atoms with Crippen molar-refractivity contribution in [1.82, 2.24) is 10.2 Å². The van der Waals surface area contributed by atoms with E-state index in [0.29, 0.717) is 18.0 Å². The number of rotatable bonds is 0. The molecule has 0 spiro atoms. The number of nitrogens with one attached hydrogen (secondary N) is 1. The molecule has 0 fully saturated rings. The third-order valence-corrected chi connectivity index (χ3v) is 1.90. The zero-order valence-corrected chi connectivity index (χ0v) is 7.11. The molecule has 2 aliphatic heterocycles. The van der Waals surface area contributed by atoms with Crippen molar-refractivity contribution in [2.45, 2.75) is 6.42 Å². The second-order valence-electron chi connectivity index (χ2n) is 2.85. The van der Waals surface area contributed by atoms with E-state index in [-0.39, 0.29) is 5.82 Å². The molecule has 3 N–H and O–H groups in total. The van der Waals surface area contributed by atoms with Gasteiger partial charge in [0.1, 0.15) is 11.7 Å². The molecule has 0 aromatic carbocycles. The van der Waals surface area contributed by atoms with Gasteiger partial charge in [0.2, 0.25) is 0 Å². The number of fused-ring (bicyclic) bond motifs is 2. The summed E-state index contributed by atoms with van der Waals surface area (Å²) in [5.74, 6) is 0.941. The van der Waals surface area contributed by atoms with E-state index in [1.54, 1.807) is 18.3 Å². The highest BCUT2D eigenvalue weighted by Crippen LogP contribution is 2.15. The molecule has 0 aliphatic carbocycles. The van der Waals surface area contributed by atoms with Crippen molar-refractivity contribution in [2.24, 2.45) is 15.7 Å². The highest BCUT2D eigenvalue weighted by molar-refractivity contribution is 6.02. The maximum Gasteiger partial charge on any atom is 0.348 e. The summed E-state index contributed by atoms with van der Waals surface area (Å²) in [6.45, 7) is 0. The lowest BCUT2D eigenvalue weighted by atomic mass is 10.2. The molecule has 6 nitrogen and oxygen atoms in total. The van der Waals surface area contributed by atoms with Crippen LogP contribution in [0, 0.1) is 0 Å². The topological polar surface area (TPSA) is 83.1 Å². The summed E-state index contributed by atoms with van der Waals surface area (Å²) in [7, 11) is 1.79. The molecule has 2 amide bonds. The van der Waals surface area contributed by atoms with Crippen LogP contribution in [0.5, 0.6) is 0 Å². The quantitative estimate of drug-likeness (QED) is 0.530. The van der Waals surface area contributed by atoms with Crippen molar-refractivity contribution in [2.75, 3.05) is 7.05 Å². The molecule has 0 atom stereocenters. The average Bonchev–Trinajstić information content (AvgIpc) is 2.18. The summed E-state index contributed by atoms with van der Waals surface area (Å²) in [6, 6.07) is -0.445. The van der Waals surface area contributed by atoms with E-state index >= 15 is 0 Å². The number of hydrogen-bond acceptors (Lipinski definition) is 4. The number of urea groups is 1. The zero-order valence-electron chi connectivity index (χ0n) is 7.11. The summed E-state index contributed by atoms with van der Waals surface area (Å²) in [4.78, 5) is 20.7. The van der Waals surface area contributed by atoms with E-state index in [1.165, 1.54) is 0 Å². The fraction of sp³-hybridized carbons (Fsp3) is 0.286. The molecule has 2 aliphatic rings. The summed E-state index contributed by atoms with van der Waals surface area (Å²) in [5.41, 5.74) is 6.22. The smallest absolute Gasteiger partial charge is 0.348 e. The van der Waals surface area contributed by atoms with Crippen LogP contribution in [0.3, 0.4) is 0 Å². The zero-order chi connectivity index (χ0) is 9.42.